The van der Waals surface area contributed by atoms with Crippen LogP contribution in [0.3, 0.4) is 0 Å². The summed E-state index contributed by atoms with van der Waals surface area (Å²) in [6.45, 7) is 16.6. The molecule has 69 heavy (non-hydrogen) atoms. The average Bonchev–Trinajstić information content (AvgIpc) is 3.67. The second kappa shape index (κ2) is 54.9. The molecule has 0 radical (unpaired) electrons. The van der Waals surface area contributed by atoms with E-state index in [0.29, 0.717) is 256 Å². The first-order valence-corrected chi connectivity index (χ1v) is 24.0. The van der Waals surface area contributed by atoms with Crippen LogP contribution in [0.2, 0.25) is 0 Å². The van der Waals surface area contributed by atoms with Gasteiger partial charge in [-0.2, -0.15) is 0 Å². The molecule has 24 heteroatoms. The topological polar surface area (TPSA) is 247 Å². The van der Waals surface area contributed by atoms with Crippen molar-refractivity contribution in [2.24, 2.45) is 0 Å². The van der Waals surface area contributed by atoms with Gasteiger partial charge in [0.1, 0.15) is 6.29 Å². The zero-order valence-electron chi connectivity index (χ0n) is 40.9. The van der Waals surface area contributed by atoms with Crippen molar-refractivity contribution in [2.75, 3.05) is 238 Å². The lowest BCUT2D eigenvalue weighted by molar-refractivity contribution is -0.197. The molecule has 1 fully saturated rings. The molecular formula is C45H83NO23. The Morgan fingerprint density at radius 1 is 0.319 bits per heavy atom. The molecule has 0 saturated carbocycles. The van der Waals surface area contributed by atoms with Gasteiger partial charge in [-0.25, -0.2) is 4.79 Å². The fraction of sp³-hybridized carbons (Fsp3) is 0.911. The number of amides is 2. The van der Waals surface area contributed by atoms with E-state index in [-0.39, 0.29) is 19.3 Å². The van der Waals surface area contributed by atoms with Crippen molar-refractivity contribution < 1.29 is 109 Å². The summed E-state index contributed by atoms with van der Waals surface area (Å²) in [4.78, 5) is 49.6. The molecule has 1 heterocycles. The number of carbonyl (C=O) groups excluding carboxylic acids is 4. The minimum absolute atomic E-state index is 0.0415. The molecular weight excluding hydrogens is 922 g/mol. The minimum Gasteiger partial charge on any atom is -0.379 e. The Bertz CT molecular complexity index is 1110. The lowest BCUT2D eigenvalue weighted by atomic mass is 10.3. The third-order valence-corrected chi connectivity index (χ3v) is 8.57. The van der Waals surface area contributed by atoms with Gasteiger partial charge in [0.05, 0.1) is 238 Å². The van der Waals surface area contributed by atoms with Crippen molar-refractivity contribution in [3.8, 4) is 0 Å². The van der Waals surface area contributed by atoms with Gasteiger partial charge in [0, 0.05) is 25.9 Å². The Balaban J connectivity index is 1.61. The Hall–Kier alpha value is -2.44. The van der Waals surface area contributed by atoms with Crippen molar-refractivity contribution in [3.63, 3.8) is 0 Å². The number of nitrogens with zero attached hydrogens (tertiary/aromatic N) is 1. The molecule has 1 aliphatic rings. The number of ether oxygens (including phenoxy) is 18. The lowest BCUT2D eigenvalue weighted by Crippen LogP contribution is -2.32. The van der Waals surface area contributed by atoms with Gasteiger partial charge in [-0.15, -0.1) is 5.06 Å². The van der Waals surface area contributed by atoms with E-state index < -0.39 is 17.8 Å². The lowest BCUT2D eigenvalue weighted by Gasteiger charge is -2.12. The van der Waals surface area contributed by atoms with Gasteiger partial charge in [0.15, 0.2) is 0 Å². The molecule has 0 bridgehead atoms. The monoisotopic (exact) mass is 1010 g/mol. The van der Waals surface area contributed by atoms with E-state index in [0.717, 1.165) is 6.29 Å². The molecule has 0 spiro atoms. The average molecular weight is 1010 g/mol. The SMILES string of the molecule is O=CCCOCCOCCOCCOCCOCCOCCOCCOCCOCCOCCOCCOCCOCCOCCOCCOCCOCCOCCCC(=O)ON1C(=O)CCC1=O. The van der Waals surface area contributed by atoms with E-state index in [1.54, 1.807) is 0 Å². The molecule has 1 saturated heterocycles. The summed E-state index contributed by atoms with van der Waals surface area (Å²) in [5.74, 6) is -1.64. The summed E-state index contributed by atoms with van der Waals surface area (Å²) < 4.78 is 98.1. The van der Waals surface area contributed by atoms with Crippen LogP contribution in [0, 0.1) is 0 Å². The highest BCUT2D eigenvalue weighted by Crippen LogP contribution is 2.13. The molecule has 0 atom stereocenters. The zero-order chi connectivity index (χ0) is 49.4. The standard InChI is InChI=1S/C45H83NO23/c47-6-2-8-52-10-12-54-14-16-56-18-20-58-22-24-60-26-28-62-30-32-64-34-36-66-38-40-68-42-41-67-39-37-65-35-33-63-31-29-61-27-25-59-23-21-57-19-17-55-15-13-53-11-9-51-7-1-3-45(50)69-46-43(48)4-5-44(46)49/h6H,1-5,7-42H2. The molecule has 0 aromatic carbocycles. The molecule has 0 N–H and O–H groups in total. The Morgan fingerprint density at radius 3 is 0.710 bits per heavy atom. The van der Waals surface area contributed by atoms with E-state index in [1.165, 1.54) is 0 Å². The number of hydroxylamine groups is 2. The van der Waals surface area contributed by atoms with Crippen molar-refractivity contribution in [2.45, 2.75) is 32.1 Å². The van der Waals surface area contributed by atoms with E-state index >= 15 is 0 Å². The first-order chi connectivity index (χ1) is 34.1. The predicted molar refractivity (Wildman–Crippen MR) is 242 cm³/mol. The largest absolute Gasteiger partial charge is 0.379 e. The molecule has 1 aliphatic heterocycles. The van der Waals surface area contributed by atoms with Crippen LogP contribution in [-0.4, -0.2) is 267 Å². The van der Waals surface area contributed by atoms with Crippen LogP contribution < -0.4 is 0 Å². The van der Waals surface area contributed by atoms with Gasteiger partial charge in [-0.3, -0.25) is 9.59 Å². The molecule has 24 nitrogen and oxygen atoms in total. The van der Waals surface area contributed by atoms with Crippen LogP contribution in [0.1, 0.15) is 32.1 Å². The summed E-state index contributed by atoms with van der Waals surface area (Å²) in [5.41, 5.74) is 0. The first kappa shape index (κ1) is 64.6. The maximum absolute atomic E-state index is 11.7. The predicted octanol–water partition coefficient (Wildman–Crippen LogP) is 0.262. The number of hydrogen-bond donors (Lipinski definition) is 0. The smallest absolute Gasteiger partial charge is 0.333 e. The molecule has 2 amide bonds. The van der Waals surface area contributed by atoms with Crippen LogP contribution >= 0.6 is 0 Å². The van der Waals surface area contributed by atoms with E-state index in [2.05, 4.69) is 0 Å². The molecule has 0 unspecified atom stereocenters. The van der Waals surface area contributed by atoms with Gasteiger partial charge in [0.2, 0.25) is 0 Å². The van der Waals surface area contributed by atoms with Gasteiger partial charge >= 0.3 is 5.97 Å². The van der Waals surface area contributed by atoms with Gasteiger partial charge < -0.3 is 94.9 Å². The maximum atomic E-state index is 11.7. The van der Waals surface area contributed by atoms with Crippen LogP contribution in [0.4, 0.5) is 0 Å². The third kappa shape index (κ3) is 48.9. The summed E-state index contributed by atoms with van der Waals surface area (Å²) in [5, 5.41) is 0.541. The Labute approximate surface area is 407 Å². The van der Waals surface area contributed by atoms with Crippen molar-refractivity contribution in [1.82, 2.24) is 5.06 Å². The quantitative estimate of drug-likeness (QED) is 0.0451. The first-order valence-electron chi connectivity index (χ1n) is 24.0. The summed E-state index contributed by atoms with van der Waals surface area (Å²) >= 11 is 0. The van der Waals surface area contributed by atoms with E-state index in [9.17, 15) is 19.2 Å². The maximum Gasteiger partial charge on any atom is 0.333 e. The highest BCUT2D eigenvalue weighted by atomic mass is 16.7. The molecule has 0 aliphatic carbocycles. The second-order valence-corrected chi connectivity index (χ2v) is 14.1. The van der Waals surface area contributed by atoms with Crippen LogP contribution in [0.5, 0.6) is 0 Å². The summed E-state index contributed by atoms with van der Waals surface area (Å²) in [6, 6.07) is 0. The normalized spacial score (nSPS) is 12.8. The van der Waals surface area contributed by atoms with Crippen LogP contribution in [0.15, 0.2) is 0 Å². The summed E-state index contributed by atoms with van der Waals surface area (Å²) in [7, 11) is 0. The highest BCUT2D eigenvalue weighted by Gasteiger charge is 2.32. The zero-order valence-corrected chi connectivity index (χ0v) is 40.9. The van der Waals surface area contributed by atoms with E-state index in [4.69, 9.17) is 90.1 Å². The fourth-order valence-electron chi connectivity index (χ4n) is 5.10. The van der Waals surface area contributed by atoms with Gasteiger partial charge in [0.25, 0.3) is 11.8 Å². The van der Waals surface area contributed by atoms with E-state index in [1.807, 2.05) is 0 Å². The van der Waals surface area contributed by atoms with Crippen molar-refractivity contribution in [3.05, 3.63) is 0 Å². The highest BCUT2D eigenvalue weighted by molar-refractivity contribution is 6.01. The molecule has 0 aromatic rings. The summed E-state index contributed by atoms with van der Waals surface area (Å²) in [6.07, 6.45) is 1.81. The van der Waals surface area contributed by atoms with Crippen LogP contribution in [0.25, 0.3) is 0 Å². The van der Waals surface area contributed by atoms with Gasteiger partial charge in [-0.1, -0.05) is 0 Å². The molecule has 406 valence electrons. The Morgan fingerprint density at radius 2 is 0.507 bits per heavy atom. The number of hydrogen-bond acceptors (Lipinski definition) is 23. The molecule has 0 aromatic heterocycles. The van der Waals surface area contributed by atoms with Crippen molar-refractivity contribution >= 4 is 24.1 Å². The number of carbonyl (C=O) groups is 4. The number of imide groups is 1. The number of rotatable bonds is 59. The molecule has 1 rings (SSSR count). The second-order valence-electron chi connectivity index (χ2n) is 14.1. The third-order valence-electron chi connectivity index (χ3n) is 8.57. The van der Waals surface area contributed by atoms with Gasteiger partial charge in [-0.05, 0) is 6.42 Å². The number of aldehydes is 1. The Kier molecular flexibility index (Phi) is 51.4. The van der Waals surface area contributed by atoms with Crippen molar-refractivity contribution in [1.29, 1.82) is 0 Å². The van der Waals surface area contributed by atoms with Crippen LogP contribution in [-0.2, 0) is 109 Å². The fourth-order valence-corrected chi connectivity index (χ4v) is 5.10. The minimum atomic E-state index is -0.642.